The molecule has 2 unspecified atom stereocenters. The monoisotopic (exact) mass is 765 g/mol. The summed E-state index contributed by atoms with van der Waals surface area (Å²) in [5, 5.41) is 16.9. The number of alkyl halides is 4. The van der Waals surface area contributed by atoms with Crippen LogP contribution in [-0.4, -0.2) is 111 Å². The Labute approximate surface area is 311 Å². The van der Waals surface area contributed by atoms with Crippen molar-refractivity contribution in [1.29, 1.82) is 0 Å². The maximum atomic E-state index is 17.7. The second-order valence-corrected chi connectivity index (χ2v) is 15.2. The van der Waals surface area contributed by atoms with Gasteiger partial charge in [-0.1, -0.05) is 12.0 Å². The molecule has 55 heavy (non-hydrogen) atoms. The molecule has 6 heterocycles. The molecule has 5 aromatic rings. The maximum Gasteiger partial charge on any atom is 0.522 e. The minimum atomic E-state index is -4.73. The van der Waals surface area contributed by atoms with Gasteiger partial charge in [-0.3, -0.25) is 19.2 Å². The van der Waals surface area contributed by atoms with Gasteiger partial charge in [-0.15, -0.1) is 19.6 Å². The second-order valence-electron chi connectivity index (χ2n) is 15.2. The number of ether oxygens (including phenoxy) is 2. The number of hydrogen-bond acceptors (Lipinski definition) is 9. The summed E-state index contributed by atoms with van der Waals surface area (Å²) in [5.74, 6) is 1.02. The average Bonchev–Trinajstić information content (AvgIpc) is 3.85. The predicted octanol–water partition coefficient (Wildman–Crippen LogP) is 6.45. The molecule has 4 atom stereocenters. The Hall–Kier alpha value is -4.85. The average molecular weight is 766 g/mol. The molecule has 2 aromatic heterocycles. The number of rotatable bonds is 8. The first-order chi connectivity index (χ1) is 26.3. The Morgan fingerprint density at radius 1 is 1.05 bits per heavy atom. The van der Waals surface area contributed by atoms with Crippen molar-refractivity contribution >= 4 is 38.4 Å². The van der Waals surface area contributed by atoms with Crippen molar-refractivity contribution in [1.82, 2.24) is 29.5 Å². The van der Waals surface area contributed by atoms with Crippen LogP contribution in [0.5, 0.6) is 11.8 Å². The standard InChI is InChI=1S/C39H37F6N7O3/c1-3-26-29(41)8-5-21-13-25(53)14-27(30(21)26)31-33(42)35-32(28-19-49(2)48-34(28)31)36(47-37(46-35)54-20-38-9-4-10-51(38)16-22(40)15-38)50-17-23-6-7-24(18-50)52(23)11-12-55-39(43,44)45/h1,5,8,13-14,19,22-24,53H,4,6-7,9-12,15-18,20H2,2H3/t22-,23?,24?,38+/m1/s1. The molecule has 288 valence electrons. The zero-order chi connectivity index (χ0) is 38.4. The van der Waals surface area contributed by atoms with Crippen LogP contribution in [0.25, 0.3) is 43.7 Å². The molecule has 16 heteroatoms. The van der Waals surface area contributed by atoms with Crippen molar-refractivity contribution in [3.05, 3.63) is 47.7 Å². The van der Waals surface area contributed by atoms with Crippen molar-refractivity contribution in [2.75, 3.05) is 50.8 Å². The third-order valence-corrected chi connectivity index (χ3v) is 11.9. The molecule has 0 saturated carbocycles. The van der Waals surface area contributed by atoms with E-state index in [0.717, 1.165) is 32.2 Å². The van der Waals surface area contributed by atoms with Crippen LogP contribution in [0.4, 0.5) is 32.2 Å². The van der Waals surface area contributed by atoms with Gasteiger partial charge in [0.1, 0.15) is 41.2 Å². The van der Waals surface area contributed by atoms with Gasteiger partial charge < -0.3 is 14.7 Å². The van der Waals surface area contributed by atoms with E-state index in [-0.39, 0.29) is 70.1 Å². The number of phenols is 1. The highest BCUT2D eigenvalue weighted by Crippen LogP contribution is 2.46. The smallest absolute Gasteiger partial charge is 0.508 e. The highest BCUT2D eigenvalue weighted by molar-refractivity contribution is 6.18. The summed E-state index contributed by atoms with van der Waals surface area (Å²) in [6, 6.07) is 5.01. The van der Waals surface area contributed by atoms with E-state index in [9.17, 15) is 22.7 Å². The van der Waals surface area contributed by atoms with E-state index in [0.29, 0.717) is 48.0 Å². The van der Waals surface area contributed by atoms with Crippen molar-refractivity contribution in [2.24, 2.45) is 7.05 Å². The van der Waals surface area contributed by atoms with Gasteiger partial charge in [0.05, 0.1) is 23.1 Å². The molecule has 4 fully saturated rings. The zero-order valence-corrected chi connectivity index (χ0v) is 29.8. The highest BCUT2D eigenvalue weighted by atomic mass is 19.4. The van der Waals surface area contributed by atoms with Gasteiger partial charge in [0.2, 0.25) is 0 Å². The molecule has 0 radical (unpaired) electrons. The fourth-order valence-corrected chi connectivity index (χ4v) is 9.66. The van der Waals surface area contributed by atoms with E-state index in [1.165, 1.54) is 28.9 Å². The molecule has 4 aliphatic heterocycles. The zero-order valence-electron chi connectivity index (χ0n) is 29.8. The SMILES string of the molecule is C#Cc1c(F)ccc2cc(O)cc(-c3c(F)c4nc(OC[C@@]56CCCN5C[C@H](F)C6)nc(N5CC6CCC(C5)N6CCOC(F)(F)F)c4c4cn(C)nc34)c12. The minimum absolute atomic E-state index is 0.0621. The van der Waals surface area contributed by atoms with Gasteiger partial charge in [0.25, 0.3) is 0 Å². The lowest BCUT2D eigenvalue weighted by Crippen LogP contribution is -2.55. The lowest BCUT2D eigenvalue weighted by atomic mass is 9.91. The van der Waals surface area contributed by atoms with Crippen LogP contribution in [0, 0.1) is 24.0 Å². The molecule has 9 rings (SSSR count). The van der Waals surface area contributed by atoms with Gasteiger partial charge in [0, 0.05) is 74.3 Å². The Morgan fingerprint density at radius 2 is 1.84 bits per heavy atom. The maximum absolute atomic E-state index is 17.7. The number of phenolic OH excluding ortho intramolecular Hbond substituents is 1. The first kappa shape index (κ1) is 35.8. The molecular weight excluding hydrogens is 728 g/mol. The topological polar surface area (TPSA) is 92.0 Å². The number of nitrogens with zero attached hydrogens (tertiary/aromatic N) is 7. The number of terminal acetylenes is 1. The third-order valence-electron chi connectivity index (χ3n) is 11.9. The number of hydrogen-bond donors (Lipinski definition) is 1. The van der Waals surface area contributed by atoms with Crippen LogP contribution in [0.1, 0.15) is 37.7 Å². The van der Waals surface area contributed by atoms with E-state index in [4.69, 9.17) is 16.1 Å². The predicted molar refractivity (Wildman–Crippen MR) is 193 cm³/mol. The number of anilines is 1. The summed E-state index contributed by atoms with van der Waals surface area (Å²) in [6.45, 7) is 1.49. The first-order valence-electron chi connectivity index (χ1n) is 18.3. The molecule has 0 amide bonds. The number of aromatic hydroxyl groups is 1. The minimum Gasteiger partial charge on any atom is -0.508 e. The van der Waals surface area contributed by atoms with Crippen LogP contribution in [0.15, 0.2) is 30.5 Å². The van der Waals surface area contributed by atoms with Gasteiger partial charge >= 0.3 is 12.4 Å². The molecule has 4 aliphatic rings. The summed E-state index contributed by atoms with van der Waals surface area (Å²) in [4.78, 5) is 15.7. The number of benzene rings is 3. The Morgan fingerprint density at radius 3 is 2.58 bits per heavy atom. The van der Waals surface area contributed by atoms with Gasteiger partial charge in [-0.25, -0.2) is 13.2 Å². The molecule has 1 N–H and O–H groups in total. The van der Waals surface area contributed by atoms with Crippen molar-refractivity contribution in [3.8, 4) is 35.2 Å². The van der Waals surface area contributed by atoms with Crippen LogP contribution < -0.4 is 9.64 Å². The van der Waals surface area contributed by atoms with Crippen molar-refractivity contribution in [2.45, 2.75) is 62.3 Å². The fraction of sp³-hybridized carbons (Fsp3) is 0.462. The summed E-state index contributed by atoms with van der Waals surface area (Å²) >= 11 is 0. The lowest BCUT2D eigenvalue weighted by molar-refractivity contribution is -0.325. The molecule has 3 aromatic carbocycles. The number of aromatic nitrogens is 4. The van der Waals surface area contributed by atoms with E-state index in [1.807, 2.05) is 9.80 Å². The van der Waals surface area contributed by atoms with E-state index >= 15 is 8.78 Å². The normalized spacial score (nSPS) is 24.4. The molecular formula is C39H37F6N7O3. The third kappa shape index (κ3) is 6.07. The first-order valence-corrected chi connectivity index (χ1v) is 18.3. The quantitative estimate of drug-likeness (QED) is 0.142. The number of piperazine rings is 1. The number of halogens is 6. The number of aryl methyl sites for hydroxylation is 1. The van der Waals surface area contributed by atoms with Crippen molar-refractivity contribution < 1.29 is 40.9 Å². The van der Waals surface area contributed by atoms with E-state index in [1.54, 1.807) is 13.2 Å². The Balaban J connectivity index is 1.21. The fourth-order valence-electron chi connectivity index (χ4n) is 9.66. The van der Waals surface area contributed by atoms with Crippen LogP contribution in [0.2, 0.25) is 0 Å². The van der Waals surface area contributed by atoms with Crippen LogP contribution >= 0.6 is 0 Å². The van der Waals surface area contributed by atoms with Crippen LogP contribution in [-0.2, 0) is 11.8 Å². The molecule has 0 spiro atoms. The Bertz CT molecular complexity index is 2380. The highest BCUT2D eigenvalue weighted by Gasteiger charge is 2.49. The second kappa shape index (κ2) is 13.1. The summed E-state index contributed by atoms with van der Waals surface area (Å²) < 4.78 is 98.0. The van der Waals surface area contributed by atoms with E-state index < -0.39 is 36.3 Å². The Kier molecular flexibility index (Phi) is 8.55. The molecule has 4 saturated heterocycles. The summed E-state index contributed by atoms with van der Waals surface area (Å²) in [7, 11) is 1.67. The van der Waals surface area contributed by atoms with E-state index in [2.05, 4.69) is 25.6 Å². The summed E-state index contributed by atoms with van der Waals surface area (Å²) in [5.41, 5.74) is -0.533. The summed E-state index contributed by atoms with van der Waals surface area (Å²) in [6.07, 6.45) is 5.15. The lowest BCUT2D eigenvalue weighted by Gasteiger charge is -2.42. The number of fused-ring (bicyclic) bond motifs is 7. The van der Waals surface area contributed by atoms with Crippen LogP contribution in [0.3, 0.4) is 0 Å². The van der Waals surface area contributed by atoms with Crippen molar-refractivity contribution in [3.63, 3.8) is 0 Å². The molecule has 2 bridgehead atoms. The largest absolute Gasteiger partial charge is 0.522 e. The molecule has 10 nitrogen and oxygen atoms in total. The molecule has 0 aliphatic carbocycles. The van der Waals surface area contributed by atoms with Gasteiger partial charge in [0.15, 0.2) is 5.82 Å². The van der Waals surface area contributed by atoms with Gasteiger partial charge in [-0.2, -0.15) is 15.1 Å². The van der Waals surface area contributed by atoms with Gasteiger partial charge in [-0.05, 0) is 61.4 Å².